The number of anilines is 2. The number of para-hydroxylation sites is 1. The number of pyridine rings is 1. The molecule has 0 saturated carbocycles. The third-order valence-electron chi connectivity index (χ3n) is 4.14. The lowest BCUT2D eigenvalue weighted by Gasteiger charge is -2.12. The van der Waals surface area contributed by atoms with Gasteiger partial charge in [0, 0.05) is 28.7 Å². The van der Waals surface area contributed by atoms with Gasteiger partial charge in [-0.15, -0.1) is 0 Å². The summed E-state index contributed by atoms with van der Waals surface area (Å²) in [5.74, 6) is -2.27. The van der Waals surface area contributed by atoms with Crippen LogP contribution in [0.2, 0.25) is 5.02 Å². The fourth-order valence-corrected chi connectivity index (χ4v) is 2.96. The van der Waals surface area contributed by atoms with Gasteiger partial charge in [0.25, 0.3) is 0 Å². The van der Waals surface area contributed by atoms with Gasteiger partial charge in [-0.2, -0.15) is 0 Å². The molecule has 0 fully saturated rings. The maximum atomic E-state index is 12.2. The van der Waals surface area contributed by atoms with E-state index in [4.69, 9.17) is 16.3 Å². The van der Waals surface area contributed by atoms with E-state index in [1.165, 1.54) is 18.2 Å². The first-order chi connectivity index (χ1) is 14.9. The van der Waals surface area contributed by atoms with Crippen molar-refractivity contribution in [1.82, 2.24) is 4.98 Å². The van der Waals surface area contributed by atoms with Crippen molar-refractivity contribution in [3.05, 3.63) is 77.6 Å². The molecule has 1 aromatic heterocycles. The van der Waals surface area contributed by atoms with E-state index in [1.54, 1.807) is 24.5 Å². The summed E-state index contributed by atoms with van der Waals surface area (Å²) in [7, 11) is 0. The fraction of sp³-hybridized carbons (Fsp3) is 0.0909. The molecule has 3 N–H and O–H groups in total. The van der Waals surface area contributed by atoms with Crippen LogP contribution in [0.4, 0.5) is 11.4 Å². The molecular formula is C22H18ClN3O5. The summed E-state index contributed by atoms with van der Waals surface area (Å²) < 4.78 is 5.16. The zero-order valence-electron chi connectivity index (χ0n) is 16.2. The number of nitrogens with zero attached hydrogens (tertiary/aromatic N) is 1. The molecule has 9 heteroatoms. The van der Waals surface area contributed by atoms with E-state index < -0.39 is 24.4 Å². The number of aromatic carboxylic acids is 1. The van der Waals surface area contributed by atoms with Crippen molar-refractivity contribution in [3.8, 4) is 11.1 Å². The van der Waals surface area contributed by atoms with Crippen LogP contribution >= 0.6 is 11.6 Å². The zero-order valence-corrected chi connectivity index (χ0v) is 16.9. The van der Waals surface area contributed by atoms with Gasteiger partial charge in [0.05, 0.1) is 11.3 Å². The minimum atomic E-state index is -1.23. The number of ether oxygens (including phenoxy) is 1. The van der Waals surface area contributed by atoms with Gasteiger partial charge in [-0.25, -0.2) is 4.79 Å². The smallest absolute Gasteiger partial charge is 0.337 e. The number of hydrogen-bond donors (Lipinski definition) is 3. The fourth-order valence-electron chi connectivity index (χ4n) is 2.79. The van der Waals surface area contributed by atoms with E-state index in [1.807, 2.05) is 24.3 Å². The topological polar surface area (TPSA) is 118 Å². The van der Waals surface area contributed by atoms with Crippen LogP contribution in [0, 0.1) is 0 Å². The van der Waals surface area contributed by atoms with Crippen molar-refractivity contribution in [1.29, 1.82) is 0 Å². The first kappa shape index (κ1) is 21.9. The van der Waals surface area contributed by atoms with E-state index in [-0.39, 0.29) is 22.9 Å². The van der Waals surface area contributed by atoms with Gasteiger partial charge >= 0.3 is 5.97 Å². The number of amides is 2. The predicted octanol–water partition coefficient (Wildman–Crippen LogP) is 3.69. The Morgan fingerprint density at radius 3 is 2.23 bits per heavy atom. The zero-order chi connectivity index (χ0) is 22.2. The number of carbonyl (C=O) groups excluding carboxylic acids is 2. The molecule has 0 saturated heterocycles. The highest BCUT2D eigenvalue weighted by Gasteiger charge is 2.14. The van der Waals surface area contributed by atoms with Crippen LogP contribution in [0.5, 0.6) is 0 Å². The summed E-state index contributed by atoms with van der Waals surface area (Å²) in [5.41, 5.74) is 2.25. The number of carbonyl (C=O) groups is 3. The van der Waals surface area contributed by atoms with Crippen molar-refractivity contribution in [2.45, 2.75) is 0 Å². The molecule has 0 aliphatic rings. The first-order valence-electron chi connectivity index (χ1n) is 9.14. The van der Waals surface area contributed by atoms with Crippen LogP contribution in [0.1, 0.15) is 10.4 Å². The molecule has 8 nitrogen and oxygen atoms in total. The van der Waals surface area contributed by atoms with Crippen molar-refractivity contribution in [2.75, 3.05) is 23.8 Å². The van der Waals surface area contributed by atoms with Gasteiger partial charge in [-0.3, -0.25) is 14.6 Å². The third kappa shape index (κ3) is 6.11. The number of benzene rings is 2. The summed E-state index contributed by atoms with van der Waals surface area (Å²) in [6, 6.07) is 15.0. The number of rotatable bonds is 8. The van der Waals surface area contributed by atoms with Gasteiger partial charge in [0.2, 0.25) is 11.8 Å². The maximum Gasteiger partial charge on any atom is 0.337 e. The van der Waals surface area contributed by atoms with Gasteiger partial charge in [0.1, 0.15) is 13.2 Å². The molecule has 31 heavy (non-hydrogen) atoms. The Hall–Kier alpha value is -3.75. The van der Waals surface area contributed by atoms with Gasteiger partial charge < -0.3 is 20.5 Å². The number of hydrogen-bond acceptors (Lipinski definition) is 5. The van der Waals surface area contributed by atoms with Gasteiger partial charge in [-0.1, -0.05) is 29.8 Å². The van der Waals surface area contributed by atoms with Crippen LogP contribution in [-0.2, 0) is 14.3 Å². The standard InChI is InChI=1S/C22H18ClN3O5/c23-15-5-6-19(17(11-15)22(29)30)26-21(28)13-31-12-20(27)25-18-4-2-1-3-16(18)14-7-9-24-10-8-14/h1-11H,12-13H2,(H,25,27)(H,26,28)(H,29,30). The number of carboxylic acid groups (broad SMARTS) is 1. The molecule has 0 radical (unpaired) electrons. The van der Waals surface area contributed by atoms with Crippen molar-refractivity contribution in [3.63, 3.8) is 0 Å². The molecule has 0 aliphatic carbocycles. The average Bonchev–Trinajstić information content (AvgIpc) is 2.76. The van der Waals surface area contributed by atoms with Crippen LogP contribution in [0.25, 0.3) is 11.1 Å². The number of carboxylic acids is 1. The Balaban J connectivity index is 1.54. The van der Waals surface area contributed by atoms with Crippen molar-refractivity contribution < 1.29 is 24.2 Å². The average molecular weight is 440 g/mol. The molecule has 1 heterocycles. The molecular weight excluding hydrogens is 422 g/mol. The Morgan fingerprint density at radius 1 is 0.903 bits per heavy atom. The number of halogens is 1. The summed E-state index contributed by atoms with van der Waals surface area (Å²) in [6.45, 7) is -0.786. The normalized spacial score (nSPS) is 10.4. The number of nitrogens with one attached hydrogen (secondary N) is 2. The van der Waals surface area contributed by atoms with Crippen LogP contribution in [0.3, 0.4) is 0 Å². The molecule has 2 aromatic carbocycles. The minimum absolute atomic E-state index is 0.0845. The van der Waals surface area contributed by atoms with Crippen LogP contribution in [-0.4, -0.2) is 41.1 Å². The molecule has 3 aromatic rings. The van der Waals surface area contributed by atoms with E-state index in [0.29, 0.717) is 5.69 Å². The van der Waals surface area contributed by atoms with E-state index in [2.05, 4.69) is 15.6 Å². The number of aromatic nitrogens is 1. The minimum Gasteiger partial charge on any atom is -0.478 e. The van der Waals surface area contributed by atoms with E-state index in [9.17, 15) is 19.5 Å². The Labute approximate surface area is 182 Å². The molecule has 0 unspecified atom stereocenters. The monoisotopic (exact) mass is 439 g/mol. The quantitative estimate of drug-likeness (QED) is 0.492. The van der Waals surface area contributed by atoms with Crippen molar-refractivity contribution >= 4 is 40.8 Å². The van der Waals surface area contributed by atoms with Crippen molar-refractivity contribution in [2.24, 2.45) is 0 Å². The Morgan fingerprint density at radius 2 is 1.55 bits per heavy atom. The maximum absolute atomic E-state index is 12.2. The molecule has 0 spiro atoms. The summed E-state index contributed by atoms with van der Waals surface area (Å²) in [6.07, 6.45) is 3.32. The molecule has 2 amide bonds. The largest absolute Gasteiger partial charge is 0.478 e. The van der Waals surface area contributed by atoms with Crippen LogP contribution < -0.4 is 10.6 Å². The molecule has 0 bridgehead atoms. The second-order valence-corrected chi connectivity index (χ2v) is 6.80. The van der Waals surface area contributed by atoms with Gasteiger partial charge in [-0.05, 0) is 42.0 Å². The third-order valence-corrected chi connectivity index (χ3v) is 4.38. The van der Waals surface area contributed by atoms with Gasteiger partial charge in [0.15, 0.2) is 0 Å². The Bertz CT molecular complexity index is 1110. The second-order valence-electron chi connectivity index (χ2n) is 6.37. The van der Waals surface area contributed by atoms with Crippen LogP contribution in [0.15, 0.2) is 67.0 Å². The SMILES string of the molecule is O=C(COCC(=O)Nc1ccccc1-c1ccncc1)Nc1ccc(Cl)cc1C(=O)O. The molecule has 0 atom stereocenters. The highest BCUT2D eigenvalue weighted by molar-refractivity contribution is 6.31. The lowest BCUT2D eigenvalue weighted by molar-refractivity contribution is -0.125. The highest BCUT2D eigenvalue weighted by atomic mass is 35.5. The first-order valence-corrected chi connectivity index (χ1v) is 9.51. The molecule has 3 rings (SSSR count). The summed E-state index contributed by atoms with van der Waals surface area (Å²) >= 11 is 5.78. The summed E-state index contributed by atoms with van der Waals surface area (Å²) in [5, 5.41) is 14.6. The molecule has 0 aliphatic heterocycles. The lowest BCUT2D eigenvalue weighted by atomic mass is 10.1. The lowest BCUT2D eigenvalue weighted by Crippen LogP contribution is -2.24. The highest BCUT2D eigenvalue weighted by Crippen LogP contribution is 2.27. The predicted molar refractivity (Wildman–Crippen MR) is 116 cm³/mol. The molecule has 158 valence electrons. The Kier molecular flexibility index (Phi) is 7.31. The van der Waals surface area contributed by atoms with E-state index in [0.717, 1.165) is 11.1 Å². The summed E-state index contributed by atoms with van der Waals surface area (Å²) in [4.78, 5) is 39.5. The second kappa shape index (κ2) is 10.3. The van der Waals surface area contributed by atoms with E-state index >= 15 is 0 Å².